The second kappa shape index (κ2) is 6.16. The van der Waals surface area contributed by atoms with Crippen molar-refractivity contribution >= 4 is 6.41 Å². The van der Waals surface area contributed by atoms with Crippen molar-refractivity contribution in [2.75, 3.05) is 6.61 Å². The van der Waals surface area contributed by atoms with Crippen LogP contribution in [0.15, 0.2) is 0 Å². The summed E-state index contributed by atoms with van der Waals surface area (Å²) in [7, 11) is 0. The summed E-state index contributed by atoms with van der Waals surface area (Å²) in [6, 6.07) is 0. The first-order chi connectivity index (χ1) is 5.20. The van der Waals surface area contributed by atoms with Gasteiger partial charge in [-0.05, 0) is 12.3 Å². The minimum absolute atomic E-state index is 0.116. The van der Waals surface area contributed by atoms with Gasteiger partial charge >= 0.3 is 0 Å². The Labute approximate surface area is 68.1 Å². The van der Waals surface area contributed by atoms with Gasteiger partial charge in [0.25, 0.3) is 0 Å². The number of carbonyl (C=O) groups is 1. The molecular weight excluding hydrogens is 142 g/mol. The SMILES string of the molecule is CCC(NC=O)OCC(C)C. The maximum Gasteiger partial charge on any atom is 0.209 e. The van der Waals surface area contributed by atoms with Gasteiger partial charge in [-0.15, -0.1) is 0 Å². The summed E-state index contributed by atoms with van der Waals surface area (Å²) in [5.41, 5.74) is 0. The lowest BCUT2D eigenvalue weighted by molar-refractivity contribution is -0.114. The van der Waals surface area contributed by atoms with E-state index in [1.54, 1.807) is 0 Å². The van der Waals surface area contributed by atoms with E-state index in [1.165, 1.54) is 0 Å². The number of ether oxygens (including phenoxy) is 1. The predicted molar refractivity (Wildman–Crippen MR) is 44.1 cm³/mol. The molecule has 1 atom stereocenters. The number of rotatable bonds is 6. The third-order valence-corrected chi connectivity index (χ3v) is 1.26. The van der Waals surface area contributed by atoms with E-state index >= 15 is 0 Å². The zero-order valence-electron chi connectivity index (χ0n) is 7.46. The molecule has 3 heteroatoms. The standard InChI is InChI=1S/C8H17NO2/c1-4-8(9-6-10)11-5-7(2)3/h6-8H,4-5H2,1-3H3,(H,9,10). The lowest BCUT2D eigenvalue weighted by atomic mass is 10.2. The molecule has 0 saturated heterocycles. The average Bonchev–Trinajstić information content (AvgIpc) is 1.97. The molecule has 66 valence electrons. The normalized spacial score (nSPS) is 13.1. The van der Waals surface area contributed by atoms with Crippen LogP contribution in [0.5, 0.6) is 0 Å². The Balaban J connectivity index is 3.43. The summed E-state index contributed by atoms with van der Waals surface area (Å²) in [4.78, 5) is 10.0. The van der Waals surface area contributed by atoms with Crippen molar-refractivity contribution in [3.8, 4) is 0 Å². The van der Waals surface area contributed by atoms with E-state index in [2.05, 4.69) is 19.2 Å². The molecule has 0 fully saturated rings. The van der Waals surface area contributed by atoms with Gasteiger partial charge in [0.05, 0.1) is 6.61 Å². The van der Waals surface area contributed by atoms with Gasteiger partial charge in [0.1, 0.15) is 6.23 Å². The van der Waals surface area contributed by atoms with E-state index in [-0.39, 0.29) is 6.23 Å². The lowest BCUT2D eigenvalue weighted by Gasteiger charge is -2.15. The summed E-state index contributed by atoms with van der Waals surface area (Å²) >= 11 is 0. The topological polar surface area (TPSA) is 38.3 Å². The van der Waals surface area contributed by atoms with Crippen LogP contribution in [0.4, 0.5) is 0 Å². The van der Waals surface area contributed by atoms with Gasteiger partial charge < -0.3 is 10.1 Å². The minimum Gasteiger partial charge on any atom is -0.358 e. The molecule has 0 spiro atoms. The molecule has 0 aromatic rings. The van der Waals surface area contributed by atoms with Gasteiger partial charge in [-0.25, -0.2) is 0 Å². The molecule has 0 bridgehead atoms. The van der Waals surface area contributed by atoms with E-state index in [0.717, 1.165) is 6.42 Å². The number of hydrogen-bond acceptors (Lipinski definition) is 2. The Morgan fingerprint density at radius 2 is 2.18 bits per heavy atom. The molecule has 1 N–H and O–H groups in total. The van der Waals surface area contributed by atoms with Gasteiger partial charge in [0.2, 0.25) is 6.41 Å². The molecule has 0 aromatic heterocycles. The first kappa shape index (κ1) is 10.4. The van der Waals surface area contributed by atoms with Crippen LogP contribution in [0.25, 0.3) is 0 Å². The molecule has 0 heterocycles. The highest BCUT2D eigenvalue weighted by Crippen LogP contribution is 1.98. The van der Waals surface area contributed by atoms with E-state index in [0.29, 0.717) is 18.9 Å². The zero-order valence-corrected chi connectivity index (χ0v) is 7.46. The van der Waals surface area contributed by atoms with Crippen molar-refractivity contribution in [1.29, 1.82) is 0 Å². The van der Waals surface area contributed by atoms with E-state index in [4.69, 9.17) is 4.74 Å². The number of amides is 1. The predicted octanol–water partition coefficient (Wildman–Crippen LogP) is 1.14. The molecule has 0 aliphatic heterocycles. The molecule has 0 aromatic carbocycles. The highest BCUT2D eigenvalue weighted by molar-refractivity contribution is 5.46. The van der Waals surface area contributed by atoms with Crippen LogP contribution in [0.1, 0.15) is 27.2 Å². The van der Waals surface area contributed by atoms with E-state index in [9.17, 15) is 4.79 Å². The highest BCUT2D eigenvalue weighted by Gasteiger charge is 2.04. The van der Waals surface area contributed by atoms with E-state index < -0.39 is 0 Å². The monoisotopic (exact) mass is 159 g/mol. The Morgan fingerprint density at radius 1 is 1.55 bits per heavy atom. The third-order valence-electron chi connectivity index (χ3n) is 1.26. The lowest BCUT2D eigenvalue weighted by Crippen LogP contribution is -2.31. The summed E-state index contributed by atoms with van der Waals surface area (Å²) in [6.45, 7) is 6.82. The van der Waals surface area contributed by atoms with Crippen LogP contribution in [0.3, 0.4) is 0 Å². The third kappa shape index (κ3) is 5.85. The van der Waals surface area contributed by atoms with Crippen molar-refractivity contribution in [3.63, 3.8) is 0 Å². The zero-order chi connectivity index (χ0) is 8.69. The van der Waals surface area contributed by atoms with Crippen LogP contribution in [0.2, 0.25) is 0 Å². The molecular formula is C8H17NO2. The van der Waals surface area contributed by atoms with E-state index in [1.807, 2.05) is 6.92 Å². The van der Waals surface area contributed by atoms with Crippen molar-refractivity contribution in [2.24, 2.45) is 5.92 Å². The van der Waals surface area contributed by atoms with Crippen LogP contribution in [0, 0.1) is 5.92 Å². The Hall–Kier alpha value is -0.570. The van der Waals surface area contributed by atoms with Crippen molar-refractivity contribution in [3.05, 3.63) is 0 Å². The molecule has 1 unspecified atom stereocenters. The van der Waals surface area contributed by atoms with Crippen LogP contribution >= 0.6 is 0 Å². The van der Waals surface area contributed by atoms with Gasteiger partial charge in [-0.3, -0.25) is 4.79 Å². The van der Waals surface area contributed by atoms with Crippen LogP contribution in [-0.4, -0.2) is 19.2 Å². The maximum atomic E-state index is 10.0. The molecule has 0 saturated carbocycles. The molecule has 11 heavy (non-hydrogen) atoms. The quantitative estimate of drug-likeness (QED) is 0.466. The van der Waals surface area contributed by atoms with Gasteiger partial charge in [0.15, 0.2) is 0 Å². The van der Waals surface area contributed by atoms with Gasteiger partial charge in [-0.1, -0.05) is 20.8 Å². The highest BCUT2D eigenvalue weighted by atomic mass is 16.5. The Kier molecular flexibility index (Phi) is 5.84. The summed E-state index contributed by atoms with van der Waals surface area (Å²) in [5, 5.41) is 2.58. The van der Waals surface area contributed by atoms with Crippen LogP contribution in [-0.2, 0) is 9.53 Å². The fraction of sp³-hybridized carbons (Fsp3) is 0.875. The van der Waals surface area contributed by atoms with Gasteiger partial charge in [0, 0.05) is 0 Å². The minimum atomic E-state index is -0.116. The molecule has 0 aliphatic carbocycles. The first-order valence-electron chi connectivity index (χ1n) is 4.02. The number of hydrogen-bond donors (Lipinski definition) is 1. The Bertz CT molecular complexity index is 104. The molecule has 1 amide bonds. The summed E-state index contributed by atoms with van der Waals surface area (Å²) < 4.78 is 5.35. The second-order valence-electron chi connectivity index (χ2n) is 2.91. The smallest absolute Gasteiger partial charge is 0.209 e. The fourth-order valence-corrected chi connectivity index (χ4v) is 0.668. The van der Waals surface area contributed by atoms with Crippen LogP contribution < -0.4 is 5.32 Å². The fourth-order valence-electron chi connectivity index (χ4n) is 0.668. The Morgan fingerprint density at radius 3 is 2.55 bits per heavy atom. The largest absolute Gasteiger partial charge is 0.358 e. The van der Waals surface area contributed by atoms with Crippen molar-refractivity contribution in [2.45, 2.75) is 33.4 Å². The maximum absolute atomic E-state index is 10.0. The van der Waals surface area contributed by atoms with Crippen molar-refractivity contribution in [1.82, 2.24) is 5.32 Å². The molecule has 0 radical (unpaired) electrons. The first-order valence-corrected chi connectivity index (χ1v) is 4.02. The summed E-state index contributed by atoms with van der Waals surface area (Å²) in [5.74, 6) is 0.512. The molecule has 0 aliphatic rings. The summed E-state index contributed by atoms with van der Waals surface area (Å²) in [6.07, 6.45) is 1.37. The number of nitrogens with one attached hydrogen (secondary N) is 1. The molecule has 0 rings (SSSR count). The number of carbonyl (C=O) groups excluding carboxylic acids is 1. The van der Waals surface area contributed by atoms with Gasteiger partial charge in [-0.2, -0.15) is 0 Å². The van der Waals surface area contributed by atoms with Crippen molar-refractivity contribution < 1.29 is 9.53 Å². The second-order valence-corrected chi connectivity index (χ2v) is 2.91. The molecule has 3 nitrogen and oxygen atoms in total. The average molecular weight is 159 g/mol.